The zero-order valence-corrected chi connectivity index (χ0v) is 12.5. The first-order valence-electron chi connectivity index (χ1n) is 7.21. The number of aliphatic hydroxyl groups excluding tert-OH is 1. The summed E-state index contributed by atoms with van der Waals surface area (Å²) in [4.78, 5) is 0. The first-order chi connectivity index (χ1) is 10.2. The van der Waals surface area contributed by atoms with E-state index in [4.69, 9.17) is 4.74 Å². The lowest BCUT2D eigenvalue weighted by atomic mass is 10.1. The third-order valence-electron chi connectivity index (χ3n) is 3.44. The van der Waals surface area contributed by atoms with Gasteiger partial charge in [0.25, 0.3) is 0 Å². The molecule has 114 valence electrons. The number of nitrogens with zero attached hydrogens (tertiary/aromatic N) is 1. The highest BCUT2D eigenvalue weighted by Crippen LogP contribution is 2.15. The Morgan fingerprint density at radius 1 is 1.33 bits per heavy atom. The van der Waals surface area contributed by atoms with Gasteiger partial charge in [0.05, 0.1) is 25.0 Å². The van der Waals surface area contributed by atoms with Crippen LogP contribution in [0.15, 0.2) is 36.5 Å². The molecule has 0 unspecified atom stereocenters. The van der Waals surface area contributed by atoms with Crippen LogP contribution in [0.25, 0.3) is 0 Å². The van der Waals surface area contributed by atoms with Crippen molar-refractivity contribution in [3.05, 3.63) is 53.3 Å². The van der Waals surface area contributed by atoms with Crippen molar-refractivity contribution in [2.45, 2.75) is 32.6 Å². The van der Waals surface area contributed by atoms with Gasteiger partial charge in [-0.1, -0.05) is 30.3 Å². The highest BCUT2D eigenvalue weighted by molar-refractivity contribution is 5.16. The van der Waals surface area contributed by atoms with Crippen molar-refractivity contribution < 1.29 is 9.84 Å². The molecule has 0 fully saturated rings. The lowest BCUT2D eigenvalue weighted by Gasteiger charge is -2.17. The largest absolute Gasteiger partial charge is 0.389 e. The minimum absolute atomic E-state index is 0.0167. The second kappa shape index (κ2) is 7.93. The number of aliphatic hydroxyl groups is 1. The fourth-order valence-corrected chi connectivity index (χ4v) is 2.06. The van der Waals surface area contributed by atoms with Crippen LogP contribution in [-0.2, 0) is 11.3 Å². The van der Waals surface area contributed by atoms with Crippen molar-refractivity contribution >= 4 is 0 Å². The zero-order chi connectivity index (χ0) is 15.1. The molecule has 3 N–H and O–H groups in total. The average molecular weight is 289 g/mol. The van der Waals surface area contributed by atoms with Gasteiger partial charge in [-0.2, -0.15) is 5.10 Å². The molecule has 5 nitrogen and oxygen atoms in total. The van der Waals surface area contributed by atoms with E-state index in [-0.39, 0.29) is 6.10 Å². The number of aromatic amines is 1. The van der Waals surface area contributed by atoms with Gasteiger partial charge in [-0.3, -0.25) is 5.10 Å². The van der Waals surface area contributed by atoms with Crippen LogP contribution in [0.1, 0.15) is 29.8 Å². The molecule has 2 rings (SSSR count). The fraction of sp³-hybridized carbons (Fsp3) is 0.438. The topological polar surface area (TPSA) is 70.2 Å². The fourth-order valence-electron chi connectivity index (χ4n) is 2.06. The van der Waals surface area contributed by atoms with E-state index >= 15 is 0 Å². The van der Waals surface area contributed by atoms with Gasteiger partial charge in [-0.25, -0.2) is 0 Å². The summed E-state index contributed by atoms with van der Waals surface area (Å²) >= 11 is 0. The maximum atomic E-state index is 9.93. The number of benzene rings is 1. The maximum absolute atomic E-state index is 9.93. The highest BCUT2D eigenvalue weighted by atomic mass is 16.5. The third kappa shape index (κ3) is 4.97. The maximum Gasteiger partial charge on any atom is 0.0898 e. The van der Waals surface area contributed by atoms with Crippen LogP contribution in [0, 0.1) is 6.92 Å². The van der Waals surface area contributed by atoms with E-state index in [1.165, 1.54) is 0 Å². The molecule has 2 atom stereocenters. The molecule has 1 heterocycles. The second-order valence-corrected chi connectivity index (χ2v) is 5.19. The average Bonchev–Trinajstić information content (AvgIpc) is 2.91. The predicted octanol–water partition coefficient (Wildman–Crippen LogP) is 1.95. The standard InChI is InChI=1S/C16H23N3O2/c1-12-15(9-18-19-12)8-17-10-16(20)11-21-13(2)14-6-4-3-5-7-14/h3-7,9,13,16-17,20H,8,10-11H2,1-2H3,(H,18,19)/t13-,16-/m0/s1. The normalized spacial score (nSPS) is 14.0. The molecular weight excluding hydrogens is 266 g/mol. The number of nitrogens with one attached hydrogen (secondary N) is 2. The molecular formula is C16H23N3O2. The zero-order valence-electron chi connectivity index (χ0n) is 12.5. The Labute approximate surface area is 125 Å². The quantitative estimate of drug-likeness (QED) is 0.694. The van der Waals surface area contributed by atoms with Crippen LogP contribution in [0.2, 0.25) is 0 Å². The molecule has 5 heteroatoms. The van der Waals surface area contributed by atoms with Crippen molar-refractivity contribution in [2.24, 2.45) is 0 Å². The molecule has 0 aliphatic heterocycles. The molecule has 0 aliphatic carbocycles. The van der Waals surface area contributed by atoms with Gasteiger partial charge in [0.1, 0.15) is 0 Å². The summed E-state index contributed by atoms with van der Waals surface area (Å²) in [5.41, 5.74) is 3.28. The number of aromatic nitrogens is 2. The van der Waals surface area contributed by atoms with E-state index in [0.717, 1.165) is 16.8 Å². The summed E-state index contributed by atoms with van der Waals surface area (Å²) in [6, 6.07) is 10.0. The van der Waals surface area contributed by atoms with E-state index in [1.54, 1.807) is 6.20 Å². The molecule has 0 spiro atoms. The molecule has 0 radical (unpaired) electrons. The Kier molecular flexibility index (Phi) is 5.92. The van der Waals surface area contributed by atoms with Gasteiger partial charge in [-0.15, -0.1) is 0 Å². The van der Waals surface area contributed by atoms with Gasteiger partial charge >= 0.3 is 0 Å². The van der Waals surface area contributed by atoms with E-state index in [0.29, 0.717) is 19.7 Å². The van der Waals surface area contributed by atoms with Crippen LogP contribution in [-0.4, -0.2) is 34.6 Å². The van der Waals surface area contributed by atoms with Crippen LogP contribution in [0.3, 0.4) is 0 Å². The number of hydrogen-bond donors (Lipinski definition) is 3. The number of ether oxygens (including phenoxy) is 1. The lowest BCUT2D eigenvalue weighted by Crippen LogP contribution is -2.30. The van der Waals surface area contributed by atoms with Crippen molar-refractivity contribution in [3.8, 4) is 0 Å². The molecule has 0 saturated heterocycles. The minimum Gasteiger partial charge on any atom is -0.389 e. The van der Waals surface area contributed by atoms with Gasteiger partial charge in [0.2, 0.25) is 0 Å². The summed E-state index contributed by atoms with van der Waals surface area (Å²) in [7, 11) is 0. The molecule has 0 bridgehead atoms. The van der Waals surface area contributed by atoms with E-state index in [9.17, 15) is 5.11 Å². The van der Waals surface area contributed by atoms with Crippen LogP contribution in [0.5, 0.6) is 0 Å². The smallest absolute Gasteiger partial charge is 0.0898 e. The first kappa shape index (κ1) is 15.7. The summed E-state index contributed by atoms with van der Waals surface area (Å²) in [5, 5.41) is 20.0. The first-order valence-corrected chi connectivity index (χ1v) is 7.21. The number of aryl methyl sites for hydroxylation is 1. The SMILES string of the molecule is Cc1[nH]ncc1CNC[C@H](O)CO[C@@H](C)c1ccccc1. The van der Waals surface area contributed by atoms with Gasteiger partial charge < -0.3 is 15.2 Å². The highest BCUT2D eigenvalue weighted by Gasteiger charge is 2.10. The molecule has 0 saturated carbocycles. The predicted molar refractivity (Wildman–Crippen MR) is 81.8 cm³/mol. The lowest BCUT2D eigenvalue weighted by molar-refractivity contribution is -0.00212. The van der Waals surface area contributed by atoms with Crippen molar-refractivity contribution in [1.82, 2.24) is 15.5 Å². The van der Waals surface area contributed by atoms with Crippen molar-refractivity contribution in [3.63, 3.8) is 0 Å². The Morgan fingerprint density at radius 2 is 2.10 bits per heavy atom. The van der Waals surface area contributed by atoms with Gasteiger partial charge in [-0.05, 0) is 19.4 Å². The van der Waals surface area contributed by atoms with Gasteiger partial charge in [0, 0.05) is 24.3 Å². The summed E-state index contributed by atoms with van der Waals surface area (Å²) in [5.74, 6) is 0. The Morgan fingerprint density at radius 3 is 2.76 bits per heavy atom. The third-order valence-corrected chi connectivity index (χ3v) is 3.44. The van der Waals surface area contributed by atoms with Gasteiger partial charge in [0.15, 0.2) is 0 Å². The summed E-state index contributed by atoms with van der Waals surface area (Å²) in [6.07, 6.45) is 1.25. The van der Waals surface area contributed by atoms with Crippen molar-refractivity contribution in [2.75, 3.05) is 13.2 Å². The number of rotatable bonds is 8. The van der Waals surface area contributed by atoms with Crippen molar-refractivity contribution in [1.29, 1.82) is 0 Å². The summed E-state index contributed by atoms with van der Waals surface area (Å²) < 4.78 is 5.69. The van der Waals surface area contributed by atoms with Crippen LogP contribution >= 0.6 is 0 Å². The monoisotopic (exact) mass is 289 g/mol. The van der Waals surface area contributed by atoms with E-state index in [2.05, 4.69) is 15.5 Å². The van der Waals surface area contributed by atoms with E-state index < -0.39 is 6.10 Å². The minimum atomic E-state index is -0.525. The molecule has 1 aromatic carbocycles. The molecule has 0 amide bonds. The van der Waals surface area contributed by atoms with E-state index in [1.807, 2.05) is 44.2 Å². The molecule has 0 aliphatic rings. The Hall–Kier alpha value is -1.69. The molecule has 21 heavy (non-hydrogen) atoms. The summed E-state index contributed by atoms with van der Waals surface area (Å²) in [6.45, 7) is 5.46. The number of H-pyrrole nitrogens is 1. The Bertz CT molecular complexity index is 527. The van der Waals surface area contributed by atoms with Crippen LogP contribution in [0.4, 0.5) is 0 Å². The molecule has 1 aromatic heterocycles. The number of hydrogen-bond acceptors (Lipinski definition) is 4. The second-order valence-electron chi connectivity index (χ2n) is 5.19. The molecule has 2 aromatic rings. The Balaban J connectivity index is 1.65. The van der Waals surface area contributed by atoms with Crippen LogP contribution < -0.4 is 5.32 Å².